The summed E-state index contributed by atoms with van der Waals surface area (Å²) in [5, 5.41) is 12.6. The molecule has 2 N–H and O–H groups in total. The second-order valence-electron chi connectivity index (χ2n) is 6.79. The Morgan fingerprint density at radius 3 is 2.79 bits per heavy atom. The number of carboxylic acids is 1. The molecule has 0 spiro atoms. The number of fused-ring (bicyclic) bond motifs is 3. The number of carbonyl (C=O) groups is 2. The summed E-state index contributed by atoms with van der Waals surface area (Å²) < 4.78 is 11.1. The Hall–Kier alpha value is -2.48. The lowest BCUT2D eigenvalue weighted by atomic mass is 10.0. The van der Waals surface area contributed by atoms with E-state index in [2.05, 4.69) is 5.32 Å². The van der Waals surface area contributed by atoms with Gasteiger partial charge in [-0.1, -0.05) is 0 Å². The maximum atomic E-state index is 12.2. The molecule has 1 unspecified atom stereocenters. The fourth-order valence-corrected chi connectivity index (χ4v) is 3.96. The Kier molecular flexibility index (Phi) is 6.28. The molecular formula is C20H23NO6S. The van der Waals surface area contributed by atoms with Crippen molar-refractivity contribution in [1.82, 2.24) is 5.32 Å². The highest BCUT2D eigenvalue weighted by molar-refractivity contribution is 7.98. The number of hydrogen-bond acceptors (Lipinski definition) is 6. The quantitative estimate of drug-likeness (QED) is 0.649. The minimum absolute atomic E-state index is 0.309. The SMILES string of the molecule is CSCCC(NC(=O)COc1ccc2c3c(c(=O)oc2c1C)CCC3)C(=O)O. The number of hydrogen-bond donors (Lipinski definition) is 2. The maximum absolute atomic E-state index is 12.2. The zero-order valence-corrected chi connectivity index (χ0v) is 16.7. The predicted molar refractivity (Wildman–Crippen MR) is 107 cm³/mol. The van der Waals surface area contributed by atoms with Gasteiger partial charge in [-0.15, -0.1) is 0 Å². The van der Waals surface area contributed by atoms with Crippen LogP contribution in [-0.4, -0.2) is 41.6 Å². The highest BCUT2D eigenvalue weighted by Crippen LogP contribution is 2.32. The van der Waals surface area contributed by atoms with Gasteiger partial charge in [-0.25, -0.2) is 9.59 Å². The van der Waals surface area contributed by atoms with Gasteiger partial charge in [-0.3, -0.25) is 4.79 Å². The maximum Gasteiger partial charge on any atom is 0.339 e. The summed E-state index contributed by atoms with van der Waals surface area (Å²) in [5.74, 6) is -0.520. The molecular weight excluding hydrogens is 382 g/mol. The molecule has 2 aromatic rings. The summed E-state index contributed by atoms with van der Waals surface area (Å²) in [6.07, 6.45) is 4.75. The molecule has 1 aromatic heterocycles. The number of nitrogens with one attached hydrogen (secondary N) is 1. The van der Waals surface area contributed by atoms with Crippen LogP contribution in [0.2, 0.25) is 0 Å². The first kappa shape index (κ1) is 20.3. The summed E-state index contributed by atoms with van der Waals surface area (Å²) in [7, 11) is 0. The van der Waals surface area contributed by atoms with E-state index in [4.69, 9.17) is 9.15 Å². The number of rotatable bonds is 8. The Morgan fingerprint density at radius 2 is 2.07 bits per heavy atom. The van der Waals surface area contributed by atoms with Crippen LogP contribution >= 0.6 is 11.8 Å². The molecule has 8 heteroatoms. The molecule has 1 atom stereocenters. The molecule has 0 radical (unpaired) electrons. The number of aryl methyl sites for hydroxylation is 2. The van der Waals surface area contributed by atoms with E-state index >= 15 is 0 Å². The average Bonchev–Trinajstić information content (AvgIpc) is 3.16. The lowest BCUT2D eigenvalue weighted by molar-refractivity contribution is -0.142. The zero-order chi connectivity index (χ0) is 20.3. The van der Waals surface area contributed by atoms with Crippen molar-refractivity contribution in [2.75, 3.05) is 18.6 Å². The van der Waals surface area contributed by atoms with E-state index in [-0.39, 0.29) is 12.2 Å². The van der Waals surface area contributed by atoms with E-state index < -0.39 is 17.9 Å². The highest BCUT2D eigenvalue weighted by Gasteiger charge is 2.22. The van der Waals surface area contributed by atoms with Crippen LogP contribution in [0.5, 0.6) is 5.75 Å². The third-order valence-electron chi connectivity index (χ3n) is 4.94. The molecule has 1 amide bonds. The molecule has 1 aromatic carbocycles. The third-order valence-corrected chi connectivity index (χ3v) is 5.59. The molecule has 0 saturated carbocycles. The zero-order valence-electron chi connectivity index (χ0n) is 15.9. The van der Waals surface area contributed by atoms with Crippen LogP contribution in [0, 0.1) is 6.92 Å². The predicted octanol–water partition coefficient (Wildman–Crippen LogP) is 2.29. The Balaban J connectivity index is 1.73. The van der Waals surface area contributed by atoms with Crippen molar-refractivity contribution in [2.24, 2.45) is 0 Å². The van der Waals surface area contributed by atoms with Gasteiger partial charge in [0.25, 0.3) is 5.91 Å². The topological polar surface area (TPSA) is 106 Å². The first-order valence-electron chi connectivity index (χ1n) is 9.14. The smallest absolute Gasteiger partial charge is 0.339 e. The summed E-state index contributed by atoms with van der Waals surface area (Å²) in [5.41, 5.74) is 2.61. The van der Waals surface area contributed by atoms with E-state index in [1.54, 1.807) is 13.0 Å². The number of carbonyl (C=O) groups excluding carboxylic acids is 1. The van der Waals surface area contributed by atoms with Gasteiger partial charge in [0.1, 0.15) is 17.4 Å². The normalized spacial score (nSPS) is 13.9. The van der Waals surface area contributed by atoms with Crippen molar-refractivity contribution in [3.05, 3.63) is 39.2 Å². The lowest BCUT2D eigenvalue weighted by Crippen LogP contribution is -2.43. The van der Waals surface area contributed by atoms with E-state index in [1.165, 1.54) is 11.8 Å². The van der Waals surface area contributed by atoms with Gasteiger partial charge in [0.2, 0.25) is 0 Å². The van der Waals surface area contributed by atoms with Crippen molar-refractivity contribution >= 4 is 34.6 Å². The van der Waals surface area contributed by atoms with Crippen molar-refractivity contribution in [1.29, 1.82) is 0 Å². The van der Waals surface area contributed by atoms with Crippen molar-refractivity contribution in [3.8, 4) is 5.75 Å². The standard InChI is InChI=1S/C20H23NO6S/c1-11-16(26-10-17(22)21-15(19(23)24)8-9-28-2)7-6-13-12-4-3-5-14(12)20(25)27-18(11)13/h6-7,15H,3-5,8-10H2,1-2H3,(H,21,22)(H,23,24). The number of thioether (sulfide) groups is 1. The fourth-order valence-electron chi connectivity index (χ4n) is 3.49. The van der Waals surface area contributed by atoms with Crippen LogP contribution in [0.15, 0.2) is 21.3 Å². The van der Waals surface area contributed by atoms with Gasteiger partial charge >= 0.3 is 11.6 Å². The molecule has 150 valence electrons. The highest BCUT2D eigenvalue weighted by atomic mass is 32.2. The summed E-state index contributed by atoms with van der Waals surface area (Å²) in [6, 6.07) is 2.66. The van der Waals surface area contributed by atoms with Gasteiger partial charge in [-0.05, 0) is 62.3 Å². The van der Waals surface area contributed by atoms with Crippen LogP contribution < -0.4 is 15.7 Å². The fraction of sp³-hybridized carbons (Fsp3) is 0.450. The van der Waals surface area contributed by atoms with Crippen molar-refractivity contribution in [2.45, 2.75) is 38.6 Å². The number of amides is 1. The number of ether oxygens (including phenoxy) is 1. The minimum Gasteiger partial charge on any atom is -0.483 e. The first-order valence-corrected chi connectivity index (χ1v) is 10.5. The van der Waals surface area contributed by atoms with Crippen molar-refractivity contribution < 1.29 is 23.8 Å². The van der Waals surface area contributed by atoms with Crippen LogP contribution in [0.3, 0.4) is 0 Å². The molecule has 1 heterocycles. The van der Waals surface area contributed by atoms with Crippen LogP contribution in [0.4, 0.5) is 0 Å². The molecule has 0 fully saturated rings. The second kappa shape index (κ2) is 8.68. The lowest BCUT2D eigenvalue weighted by Gasteiger charge is -2.15. The molecule has 28 heavy (non-hydrogen) atoms. The molecule has 7 nitrogen and oxygen atoms in total. The molecule has 3 rings (SSSR count). The summed E-state index contributed by atoms with van der Waals surface area (Å²) in [4.78, 5) is 35.5. The number of aliphatic carboxylic acids is 1. The van der Waals surface area contributed by atoms with Crippen LogP contribution in [-0.2, 0) is 22.4 Å². The van der Waals surface area contributed by atoms with Crippen LogP contribution in [0.25, 0.3) is 11.0 Å². The van der Waals surface area contributed by atoms with Crippen molar-refractivity contribution in [3.63, 3.8) is 0 Å². The summed E-state index contributed by atoms with van der Waals surface area (Å²) in [6.45, 7) is 1.46. The average molecular weight is 405 g/mol. The van der Waals surface area contributed by atoms with Gasteiger partial charge < -0.3 is 19.6 Å². The molecule has 0 aliphatic heterocycles. The first-order chi connectivity index (χ1) is 13.4. The Morgan fingerprint density at radius 1 is 1.32 bits per heavy atom. The van der Waals surface area contributed by atoms with E-state index in [1.807, 2.05) is 12.3 Å². The summed E-state index contributed by atoms with van der Waals surface area (Å²) >= 11 is 1.52. The van der Waals surface area contributed by atoms with Gasteiger partial charge in [0, 0.05) is 16.5 Å². The largest absolute Gasteiger partial charge is 0.483 e. The molecule has 0 bridgehead atoms. The molecule has 1 aliphatic rings. The van der Waals surface area contributed by atoms with E-state index in [0.717, 1.165) is 35.8 Å². The van der Waals surface area contributed by atoms with Gasteiger partial charge in [0.05, 0.1) is 0 Å². The monoisotopic (exact) mass is 405 g/mol. The third kappa shape index (κ3) is 4.16. The van der Waals surface area contributed by atoms with E-state index in [0.29, 0.717) is 29.1 Å². The molecule has 1 aliphatic carbocycles. The molecule has 0 saturated heterocycles. The van der Waals surface area contributed by atoms with Crippen LogP contribution in [0.1, 0.15) is 29.5 Å². The van der Waals surface area contributed by atoms with E-state index in [9.17, 15) is 19.5 Å². The minimum atomic E-state index is -1.07. The Bertz CT molecular complexity index is 967. The van der Waals surface area contributed by atoms with Gasteiger partial charge in [0.15, 0.2) is 6.61 Å². The second-order valence-corrected chi connectivity index (χ2v) is 7.78. The Labute approximate surface area is 166 Å². The van der Waals surface area contributed by atoms with Gasteiger partial charge in [-0.2, -0.15) is 11.8 Å². The number of carboxylic acid groups (broad SMARTS) is 1. The number of benzene rings is 1.